The van der Waals surface area contributed by atoms with Crippen LogP contribution in [0.4, 0.5) is 17.1 Å². The van der Waals surface area contributed by atoms with Crippen molar-refractivity contribution in [2.45, 2.75) is 0 Å². The quantitative estimate of drug-likeness (QED) is 0.146. The van der Waals surface area contributed by atoms with Crippen LogP contribution >= 0.6 is 0 Å². The Morgan fingerprint density at radius 2 is 0.823 bits per heavy atom. The molecule has 0 unspecified atom stereocenters. The maximum atomic E-state index is 2.47. The molecule has 0 atom stereocenters. The van der Waals surface area contributed by atoms with E-state index in [1.54, 1.807) is 0 Å². The zero-order valence-electron chi connectivity index (χ0n) is 34.0. The summed E-state index contributed by atoms with van der Waals surface area (Å²) < 4.78 is 2.47. The van der Waals surface area contributed by atoms with Gasteiger partial charge >= 0.3 is 0 Å². The number of nitrogens with zero attached hydrogens (tertiary/aromatic N) is 2. The van der Waals surface area contributed by atoms with Crippen molar-refractivity contribution in [3.8, 4) is 39.1 Å². The van der Waals surface area contributed by atoms with Crippen molar-refractivity contribution in [3.63, 3.8) is 0 Å². The van der Waals surface area contributed by atoms with Crippen LogP contribution in [0, 0.1) is 0 Å². The van der Waals surface area contributed by atoms with Crippen molar-refractivity contribution in [3.05, 3.63) is 243 Å². The fraction of sp³-hybridized carbons (Fsp3) is 0. The van der Waals surface area contributed by atoms with E-state index in [0.29, 0.717) is 0 Å². The van der Waals surface area contributed by atoms with Gasteiger partial charge in [-0.25, -0.2) is 0 Å². The summed E-state index contributed by atoms with van der Waals surface area (Å²) in [5, 5.41) is 9.79. The second-order valence-electron chi connectivity index (χ2n) is 16.1. The molecule has 2 nitrogen and oxygen atoms in total. The molecule has 0 amide bonds. The van der Waals surface area contributed by atoms with Gasteiger partial charge in [-0.15, -0.1) is 0 Å². The summed E-state index contributed by atoms with van der Waals surface area (Å²) in [5.41, 5.74) is 14.0. The Morgan fingerprint density at radius 3 is 1.55 bits per heavy atom. The van der Waals surface area contributed by atoms with Gasteiger partial charge in [0.05, 0.1) is 16.7 Å². The highest BCUT2D eigenvalue weighted by Gasteiger charge is 2.24. The molecule has 290 valence electrons. The van der Waals surface area contributed by atoms with Crippen molar-refractivity contribution in [2.75, 3.05) is 4.90 Å². The number of hydrogen-bond acceptors (Lipinski definition) is 1. The monoisotopic (exact) mass is 788 g/mol. The molecule has 1 aromatic heterocycles. The Labute approximate surface area is 360 Å². The van der Waals surface area contributed by atoms with E-state index in [9.17, 15) is 0 Å². The molecule has 0 saturated carbocycles. The third-order valence-electron chi connectivity index (χ3n) is 12.5. The fourth-order valence-corrected chi connectivity index (χ4v) is 9.75. The first-order chi connectivity index (χ1) is 30.8. The molecule has 0 aliphatic carbocycles. The lowest BCUT2D eigenvalue weighted by atomic mass is 9.85. The second-order valence-corrected chi connectivity index (χ2v) is 16.1. The first-order valence-corrected chi connectivity index (χ1v) is 21.3. The predicted molar refractivity (Wildman–Crippen MR) is 264 cm³/mol. The van der Waals surface area contributed by atoms with Gasteiger partial charge in [-0.05, 0) is 114 Å². The third kappa shape index (κ3) is 5.88. The molecule has 1 heterocycles. The summed E-state index contributed by atoms with van der Waals surface area (Å²) in [6, 6.07) is 88.6. The number of anilines is 3. The molecule has 0 fully saturated rings. The molecule has 11 aromatic carbocycles. The van der Waals surface area contributed by atoms with Crippen molar-refractivity contribution in [1.82, 2.24) is 4.57 Å². The van der Waals surface area contributed by atoms with Gasteiger partial charge in [-0.1, -0.05) is 194 Å². The van der Waals surface area contributed by atoms with Crippen molar-refractivity contribution in [1.29, 1.82) is 0 Å². The molecule has 0 aliphatic heterocycles. The van der Waals surface area contributed by atoms with Crippen LogP contribution in [0.5, 0.6) is 0 Å². The standard InChI is InChI=1S/C60H40N2/c1-4-17-41(18-5-1)43-31-34-47(35-32-43)61(57-30-16-28-54-52-26-14-15-29-56(52)62(60(54)57)48-36-33-42-19-10-11-24-46(42)39-48)49-37-38-51-50-25-12-13-27-53(50)58(44-20-6-2-7-21-44)59(55(51)40-49)45-22-8-3-9-23-45/h1-40H. The van der Waals surface area contributed by atoms with Gasteiger partial charge < -0.3 is 9.47 Å². The van der Waals surface area contributed by atoms with E-state index in [-0.39, 0.29) is 0 Å². The summed E-state index contributed by atoms with van der Waals surface area (Å²) in [6.07, 6.45) is 0. The van der Waals surface area contributed by atoms with Crippen LogP contribution in [0.25, 0.3) is 93.2 Å². The number of aromatic nitrogens is 1. The van der Waals surface area contributed by atoms with Crippen LogP contribution < -0.4 is 4.90 Å². The van der Waals surface area contributed by atoms with E-state index in [2.05, 4.69) is 252 Å². The molecule has 62 heavy (non-hydrogen) atoms. The van der Waals surface area contributed by atoms with E-state index < -0.39 is 0 Å². The SMILES string of the molecule is c1ccc(-c2ccc(N(c3ccc4c(c3)c(-c3ccccc3)c(-c3ccccc3)c3ccccc34)c3cccc4c5ccccc5n(-c5ccc6ccccc6c5)c34)cc2)cc1. The summed E-state index contributed by atoms with van der Waals surface area (Å²) in [5.74, 6) is 0. The average Bonchev–Trinajstić information content (AvgIpc) is 3.69. The Balaban J connectivity index is 1.18. The Morgan fingerprint density at radius 1 is 0.290 bits per heavy atom. The molecule has 2 heteroatoms. The molecular formula is C60H40N2. The minimum absolute atomic E-state index is 1.08. The first-order valence-electron chi connectivity index (χ1n) is 21.3. The van der Waals surface area contributed by atoms with Crippen molar-refractivity contribution in [2.24, 2.45) is 0 Å². The largest absolute Gasteiger partial charge is 0.308 e. The topological polar surface area (TPSA) is 8.17 Å². The minimum Gasteiger partial charge on any atom is -0.308 e. The molecule has 12 rings (SSSR count). The van der Waals surface area contributed by atoms with E-state index in [0.717, 1.165) is 28.3 Å². The number of para-hydroxylation sites is 2. The summed E-state index contributed by atoms with van der Waals surface area (Å²) >= 11 is 0. The maximum Gasteiger partial charge on any atom is 0.0782 e. The zero-order chi connectivity index (χ0) is 41.0. The normalized spacial score (nSPS) is 11.5. The zero-order valence-corrected chi connectivity index (χ0v) is 34.0. The van der Waals surface area contributed by atoms with Crippen LogP contribution in [0.15, 0.2) is 243 Å². The van der Waals surface area contributed by atoms with Crippen LogP contribution in [0.1, 0.15) is 0 Å². The lowest BCUT2D eigenvalue weighted by molar-refractivity contribution is 1.17. The number of hydrogen-bond donors (Lipinski definition) is 0. The molecule has 0 spiro atoms. The van der Waals surface area contributed by atoms with E-state index in [4.69, 9.17) is 0 Å². The van der Waals surface area contributed by atoms with Gasteiger partial charge in [0.1, 0.15) is 0 Å². The highest BCUT2D eigenvalue weighted by Crippen LogP contribution is 2.48. The molecule has 12 aromatic rings. The Kier molecular flexibility index (Phi) is 8.53. The summed E-state index contributed by atoms with van der Waals surface area (Å²) in [4.78, 5) is 2.47. The fourth-order valence-electron chi connectivity index (χ4n) is 9.75. The van der Waals surface area contributed by atoms with Gasteiger partial charge in [0.2, 0.25) is 0 Å². The van der Waals surface area contributed by atoms with Gasteiger partial charge in [-0.3, -0.25) is 0 Å². The first kappa shape index (κ1) is 35.7. The molecular weight excluding hydrogens is 749 g/mol. The molecule has 0 bridgehead atoms. The summed E-state index contributed by atoms with van der Waals surface area (Å²) in [7, 11) is 0. The number of benzene rings is 11. The van der Waals surface area contributed by atoms with Gasteiger partial charge in [0.25, 0.3) is 0 Å². The minimum atomic E-state index is 1.08. The second kappa shape index (κ2) is 14.8. The number of fused-ring (bicyclic) bond motifs is 7. The Hall–Kier alpha value is -8.20. The summed E-state index contributed by atoms with van der Waals surface area (Å²) in [6.45, 7) is 0. The smallest absolute Gasteiger partial charge is 0.0782 e. The van der Waals surface area contributed by atoms with E-state index in [1.165, 1.54) is 82.0 Å². The molecule has 0 saturated heterocycles. The average molecular weight is 789 g/mol. The molecule has 0 aliphatic rings. The van der Waals surface area contributed by atoms with Crippen molar-refractivity contribution < 1.29 is 0 Å². The van der Waals surface area contributed by atoms with E-state index >= 15 is 0 Å². The van der Waals surface area contributed by atoms with Gasteiger partial charge in [-0.2, -0.15) is 0 Å². The maximum absolute atomic E-state index is 2.47. The Bertz CT molecular complexity index is 3610. The van der Waals surface area contributed by atoms with E-state index in [1.807, 2.05) is 0 Å². The van der Waals surface area contributed by atoms with Crippen LogP contribution in [0.2, 0.25) is 0 Å². The van der Waals surface area contributed by atoms with Crippen molar-refractivity contribution >= 4 is 71.2 Å². The van der Waals surface area contributed by atoms with Crippen LogP contribution in [0.3, 0.4) is 0 Å². The highest BCUT2D eigenvalue weighted by molar-refractivity contribution is 6.22. The van der Waals surface area contributed by atoms with Crippen LogP contribution in [-0.4, -0.2) is 4.57 Å². The van der Waals surface area contributed by atoms with Crippen LogP contribution in [-0.2, 0) is 0 Å². The third-order valence-corrected chi connectivity index (χ3v) is 12.5. The number of rotatable bonds is 7. The molecule has 0 radical (unpaired) electrons. The molecule has 0 N–H and O–H groups in total. The van der Waals surface area contributed by atoms with Gasteiger partial charge in [0, 0.05) is 27.8 Å². The lowest BCUT2D eigenvalue weighted by Gasteiger charge is -2.28. The highest BCUT2D eigenvalue weighted by atomic mass is 15.2. The lowest BCUT2D eigenvalue weighted by Crippen LogP contribution is -2.12. The van der Waals surface area contributed by atoms with Gasteiger partial charge in [0.15, 0.2) is 0 Å². The predicted octanol–water partition coefficient (Wildman–Crippen LogP) is 16.7.